The predicted octanol–water partition coefficient (Wildman–Crippen LogP) is 5.35. The van der Waals surface area contributed by atoms with Gasteiger partial charge in [0.2, 0.25) is 5.95 Å². The molecule has 4 rings (SSSR count). The lowest BCUT2D eigenvalue weighted by Crippen LogP contribution is -2.26. The number of fused-ring (bicyclic) bond motifs is 1. The topological polar surface area (TPSA) is 58.1 Å². The van der Waals surface area contributed by atoms with Crippen LogP contribution in [-0.4, -0.2) is 38.9 Å². The number of hydrogen-bond acceptors (Lipinski definition) is 6. The molecule has 31 heavy (non-hydrogen) atoms. The maximum absolute atomic E-state index is 13.6. The largest absolute Gasteiger partial charge is 0.420 e. The zero-order chi connectivity index (χ0) is 22.3. The standard InChI is InChI=1S/C20H18ClF3N4OS2/c1-28-4-3-11-5-15(21)16(6-12(11)9-28)26-19-25-8-14(20(22,23)24)18(27-19)17-7-13(10-30-17)31(2)29/h5-8,10H,3-4,9H2,1-2H3,(H,25,26,27). The quantitative estimate of drug-likeness (QED) is 0.539. The summed E-state index contributed by atoms with van der Waals surface area (Å²) in [6.07, 6.45) is -1.52. The van der Waals surface area contributed by atoms with Gasteiger partial charge < -0.3 is 10.2 Å². The average Bonchev–Trinajstić information content (AvgIpc) is 3.18. The third-order valence-corrected chi connectivity index (χ3v) is 7.27. The van der Waals surface area contributed by atoms with Crippen LogP contribution in [0.25, 0.3) is 10.6 Å². The Hall–Kier alpha value is -2.01. The summed E-state index contributed by atoms with van der Waals surface area (Å²) >= 11 is 7.46. The van der Waals surface area contributed by atoms with Crippen LogP contribution in [-0.2, 0) is 29.9 Å². The molecule has 2 aromatic heterocycles. The fraction of sp³-hybridized carbons (Fsp3) is 0.300. The summed E-state index contributed by atoms with van der Waals surface area (Å²) in [5.74, 6) is 0.00147. The molecule has 0 saturated heterocycles. The number of nitrogens with zero attached hydrogens (tertiary/aromatic N) is 3. The van der Waals surface area contributed by atoms with E-state index in [-0.39, 0.29) is 16.5 Å². The van der Waals surface area contributed by atoms with E-state index in [1.807, 2.05) is 19.2 Å². The van der Waals surface area contributed by atoms with Gasteiger partial charge in [0.25, 0.3) is 0 Å². The van der Waals surface area contributed by atoms with Gasteiger partial charge in [0.05, 0.1) is 32.1 Å². The molecule has 1 aliphatic rings. The van der Waals surface area contributed by atoms with E-state index in [2.05, 4.69) is 20.2 Å². The predicted molar refractivity (Wildman–Crippen MR) is 117 cm³/mol. The van der Waals surface area contributed by atoms with Gasteiger partial charge in [0.1, 0.15) is 5.56 Å². The maximum atomic E-state index is 13.6. The molecule has 0 bridgehead atoms. The monoisotopic (exact) mass is 486 g/mol. The van der Waals surface area contributed by atoms with E-state index in [1.54, 1.807) is 5.38 Å². The van der Waals surface area contributed by atoms with Gasteiger partial charge in [-0.1, -0.05) is 11.6 Å². The third kappa shape index (κ3) is 4.77. The van der Waals surface area contributed by atoms with Crippen LogP contribution in [0.2, 0.25) is 5.02 Å². The smallest absolute Gasteiger partial charge is 0.323 e. The molecule has 1 aromatic carbocycles. The number of aromatic nitrogens is 2. The molecule has 0 amide bonds. The fourth-order valence-corrected chi connectivity index (χ4v) is 5.42. The van der Waals surface area contributed by atoms with Crippen LogP contribution in [0.4, 0.5) is 24.8 Å². The fourth-order valence-electron chi connectivity index (χ4n) is 3.37. The first kappa shape index (κ1) is 22.2. The highest BCUT2D eigenvalue weighted by molar-refractivity contribution is 7.84. The number of nitrogens with one attached hydrogen (secondary N) is 1. The number of rotatable bonds is 4. The van der Waals surface area contributed by atoms with Gasteiger partial charge in [0.15, 0.2) is 0 Å². The number of benzene rings is 1. The molecule has 1 atom stereocenters. The molecule has 0 fully saturated rings. The van der Waals surface area contributed by atoms with Crippen molar-refractivity contribution >= 4 is 45.4 Å². The van der Waals surface area contributed by atoms with Crippen molar-refractivity contribution in [2.24, 2.45) is 0 Å². The molecular weight excluding hydrogens is 469 g/mol. The Morgan fingerprint density at radius 1 is 1.26 bits per heavy atom. The van der Waals surface area contributed by atoms with Crippen LogP contribution in [0.3, 0.4) is 0 Å². The van der Waals surface area contributed by atoms with Crippen molar-refractivity contribution in [2.75, 3.05) is 25.2 Å². The van der Waals surface area contributed by atoms with Gasteiger partial charge in [-0.2, -0.15) is 13.2 Å². The van der Waals surface area contributed by atoms with Gasteiger partial charge in [-0.25, -0.2) is 9.97 Å². The van der Waals surface area contributed by atoms with Gasteiger partial charge in [-0.05, 0) is 42.8 Å². The molecule has 5 nitrogen and oxygen atoms in total. The van der Waals surface area contributed by atoms with Crippen LogP contribution in [0.5, 0.6) is 0 Å². The molecule has 3 aromatic rings. The minimum absolute atomic E-state index is 0.00147. The minimum Gasteiger partial charge on any atom is -0.323 e. The van der Waals surface area contributed by atoms with Crippen molar-refractivity contribution in [1.82, 2.24) is 14.9 Å². The lowest BCUT2D eigenvalue weighted by atomic mass is 9.99. The van der Waals surface area contributed by atoms with E-state index in [1.165, 1.54) is 12.3 Å². The van der Waals surface area contributed by atoms with E-state index >= 15 is 0 Å². The number of likely N-dealkylation sites (N-methyl/N-ethyl adjacent to an activating group) is 1. The second-order valence-corrected chi connectivity index (χ2v) is 9.97. The van der Waals surface area contributed by atoms with Crippen molar-refractivity contribution in [1.29, 1.82) is 0 Å². The summed E-state index contributed by atoms with van der Waals surface area (Å²) in [6, 6.07) is 5.22. The van der Waals surface area contributed by atoms with Gasteiger partial charge in [-0.15, -0.1) is 11.3 Å². The maximum Gasteiger partial charge on any atom is 0.420 e. The molecule has 0 spiro atoms. The Labute approximate surface area is 188 Å². The van der Waals surface area contributed by atoms with E-state index in [0.29, 0.717) is 15.6 Å². The third-order valence-electron chi connectivity index (χ3n) is 4.97. The van der Waals surface area contributed by atoms with E-state index in [4.69, 9.17) is 11.6 Å². The minimum atomic E-state index is -4.63. The Morgan fingerprint density at radius 2 is 2.03 bits per heavy atom. The van der Waals surface area contributed by atoms with Crippen LogP contribution in [0.15, 0.2) is 34.7 Å². The first-order valence-electron chi connectivity index (χ1n) is 9.25. The molecule has 0 aliphatic carbocycles. The summed E-state index contributed by atoms with van der Waals surface area (Å²) in [4.78, 5) is 10.9. The lowest BCUT2D eigenvalue weighted by Gasteiger charge is -2.26. The van der Waals surface area contributed by atoms with Gasteiger partial charge >= 0.3 is 6.18 Å². The zero-order valence-corrected chi connectivity index (χ0v) is 19.0. The summed E-state index contributed by atoms with van der Waals surface area (Å²) in [7, 11) is 0.717. The Bertz CT molecular complexity index is 1170. The summed E-state index contributed by atoms with van der Waals surface area (Å²) in [5, 5.41) is 4.98. The summed E-state index contributed by atoms with van der Waals surface area (Å²) in [5.41, 5.74) is 1.57. The van der Waals surface area contributed by atoms with Crippen molar-refractivity contribution in [2.45, 2.75) is 24.0 Å². The zero-order valence-electron chi connectivity index (χ0n) is 16.6. The Kier molecular flexibility index (Phi) is 6.08. The number of hydrogen-bond donors (Lipinski definition) is 1. The number of alkyl halides is 3. The average molecular weight is 487 g/mol. The lowest BCUT2D eigenvalue weighted by molar-refractivity contribution is -0.137. The SMILES string of the molecule is CN1CCc2cc(Cl)c(Nc3ncc(C(F)(F)F)c(-c4cc(S(C)=O)cs4)n3)cc2C1. The number of thiophene rings is 1. The Morgan fingerprint density at radius 3 is 2.71 bits per heavy atom. The van der Waals surface area contributed by atoms with Crippen LogP contribution in [0.1, 0.15) is 16.7 Å². The van der Waals surface area contributed by atoms with Crippen LogP contribution >= 0.6 is 22.9 Å². The first-order valence-corrected chi connectivity index (χ1v) is 12.1. The number of halogens is 4. The number of anilines is 2. The summed E-state index contributed by atoms with van der Waals surface area (Å²) in [6.45, 7) is 1.69. The van der Waals surface area contributed by atoms with Gasteiger partial charge in [-0.3, -0.25) is 4.21 Å². The molecule has 1 unspecified atom stereocenters. The van der Waals surface area contributed by atoms with Crippen molar-refractivity contribution in [3.8, 4) is 10.6 Å². The van der Waals surface area contributed by atoms with Crippen LogP contribution < -0.4 is 5.32 Å². The second kappa shape index (κ2) is 8.50. The first-order chi connectivity index (χ1) is 14.6. The van der Waals surface area contributed by atoms with Gasteiger partial charge in [0, 0.05) is 35.8 Å². The second-order valence-electron chi connectivity index (χ2n) is 7.27. The van der Waals surface area contributed by atoms with Crippen molar-refractivity contribution < 1.29 is 17.4 Å². The van der Waals surface area contributed by atoms with Crippen molar-refractivity contribution in [3.63, 3.8) is 0 Å². The van der Waals surface area contributed by atoms with Crippen LogP contribution in [0, 0.1) is 0 Å². The molecule has 3 heterocycles. The molecule has 0 saturated carbocycles. The normalized spacial score (nSPS) is 15.5. The summed E-state index contributed by atoms with van der Waals surface area (Å²) < 4.78 is 52.4. The van der Waals surface area contributed by atoms with E-state index < -0.39 is 22.5 Å². The Balaban J connectivity index is 1.73. The molecular formula is C20H18ClF3N4OS2. The van der Waals surface area contributed by atoms with Crippen molar-refractivity contribution in [3.05, 3.63) is 51.5 Å². The van der Waals surface area contributed by atoms with E-state index in [9.17, 15) is 17.4 Å². The molecule has 0 radical (unpaired) electrons. The highest BCUT2D eigenvalue weighted by Gasteiger charge is 2.36. The molecule has 1 N–H and O–H groups in total. The highest BCUT2D eigenvalue weighted by Crippen LogP contribution is 2.39. The molecule has 11 heteroatoms. The molecule has 1 aliphatic heterocycles. The van der Waals surface area contributed by atoms with E-state index in [0.717, 1.165) is 48.2 Å². The highest BCUT2D eigenvalue weighted by atomic mass is 35.5. The molecule has 164 valence electrons.